The van der Waals surface area contributed by atoms with Crippen LogP contribution in [0.5, 0.6) is 0 Å². The van der Waals surface area contributed by atoms with Crippen LogP contribution in [0.25, 0.3) is 10.8 Å². The average molecular weight is 265 g/mol. The number of fused-ring (bicyclic) bond motifs is 1. The number of nitrogens with zero attached hydrogens (tertiary/aromatic N) is 2. The van der Waals surface area contributed by atoms with Gasteiger partial charge in [0.25, 0.3) is 0 Å². The highest BCUT2D eigenvalue weighted by Crippen LogP contribution is 2.28. The fraction of sp³-hybridized carbons (Fsp3) is 0.235. The van der Waals surface area contributed by atoms with Crippen molar-refractivity contribution < 1.29 is 0 Å². The van der Waals surface area contributed by atoms with Crippen molar-refractivity contribution in [1.82, 2.24) is 15.1 Å². The third-order valence-corrected chi connectivity index (χ3v) is 3.73. The monoisotopic (exact) mass is 265 g/mol. The van der Waals surface area contributed by atoms with Gasteiger partial charge in [-0.05, 0) is 30.3 Å². The highest BCUT2D eigenvalue weighted by Gasteiger charge is 2.16. The summed E-state index contributed by atoms with van der Waals surface area (Å²) in [7, 11) is 2.00. The van der Waals surface area contributed by atoms with Gasteiger partial charge < -0.3 is 5.32 Å². The van der Waals surface area contributed by atoms with E-state index in [1.165, 1.54) is 21.9 Å². The molecule has 0 spiro atoms. The highest BCUT2D eigenvalue weighted by atomic mass is 15.3. The topological polar surface area (TPSA) is 29.9 Å². The summed E-state index contributed by atoms with van der Waals surface area (Å²) in [5.41, 5.74) is 2.49. The Hall–Kier alpha value is -2.13. The summed E-state index contributed by atoms with van der Waals surface area (Å²) in [6, 6.07) is 15.1. The standard InChI is InChI=1S/C17H19N3/c1-3-20-12-14(11-19-20)17(18-2)16-10-6-8-13-7-4-5-9-15(13)16/h4-12,17-18H,3H2,1-2H3. The minimum atomic E-state index is 0.168. The molecule has 2 aromatic carbocycles. The molecule has 1 aromatic heterocycles. The summed E-state index contributed by atoms with van der Waals surface area (Å²) in [4.78, 5) is 0. The molecule has 3 aromatic rings. The highest BCUT2D eigenvalue weighted by molar-refractivity contribution is 5.86. The smallest absolute Gasteiger partial charge is 0.0611 e. The molecule has 0 aliphatic carbocycles. The Morgan fingerprint density at radius 2 is 1.95 bits per heavy atom. The Kier molecular flexibility index (Phi) is 3.52. The van der Waals surface area contributed by atoms with E-state index in [4.69, 9.17) is 0 Å². The second-order valence-corrected chi connectivity index (χ2v) is 4.92. The summed E-state index contributed by atoms with van der Waals surface area (Å²) >= 11 is 0. The number of hydrogen-bond acceptors (Lipinski definition) is 2. The number of nitrogens with one attached hydrogen (secondary N) is 1. The first-order valence-electron chi connectivity index (χ1n) is 7.00. The van der Waals surface area contributed by atoms with E-state index in [0.29, 0.717) is 0 Å². The molecule has 0 bridgehead atoms. The number of benzene rings is 2. The van der Waals surface area contributed by atoms with Crippen LogP contribution in [0.3, 0.4) is 0 Å². The Bertz CT molecular complexity index is 710. The van der Waals surface area contributed by atoms with Gasteiger partial charge in [-0.3, -0.25) is 4.68 Å². The van der Waals surface area contributed by atoms with Crippen LogP contribution < -0.4 is 5.32 Å². The minimum Gasteiger partial charge on any atom is -0.309 e. The first-order chi connectivity index (χ1) is 9.83. The summed E-state index contributed by atoms with van der Waals surface area (Å²) in [6.45, 7) is 3.00. The normalized spacial score (nSPS) is 12.7. The van der Waals surface area contributed by atoms with Crippen molar-refractivity contribution in [2.45, 2.75) is 19.5 Å². The fourth-order valence-electron chi connectivity index (χ4n) is 2.71. The summed E-state index contributed by atoms with van der Waals surface area (Å²) in [5.74, 6) is 0. The third kappa shape index (κ3) is 2.21. The molecule has 1 atom stereocenters. The van der Waals surface area contributed by atoms with E-state index in [-0.39, 0.29) is 6.04 Å². The van der Waals surface area contributed by atoms with Crippen molar-refractivity contribution in [3.05, 3.63) is 66.0 Å². The molecule has 3 nitrogen and oxygen atoms in total. The van der Waals surface area contributed by atoms with Gasteiger partial charge in [0, 0.05) is 18.3 Å². The van der Waals surface area contributed by atoms with Gasteiger partial charge >= 0.3 is 0 Å². The number of aromatic nitrogens is 2. The second kappa shape index (κ2) is 5.47. The van der Waals surface area contributed by atoms with Crippen LogP contribution in [0.2, 0.25) is 0 Å². The zero-order valence-electron chi connectivity index (χ0n) is 11.9. The summed E-state index contributed by atoms with van der Waals surface area (Å²) in [6.07, 6.45) is 4.06. The maximum absolute atomic E-state index is 4.39. The molecule has 0 saturated heterocycles. The molecular formula is C17H19N3. The van der Waals surface area contributed by atoms with Gasteiger partial charge in [-0.15, -0.1) is 0 Å². The molecule has 0 fully saturated rings. The lowest BCUT2D eigenvalue weighted by Crippen LogP contribution is -2.17. The Balaban J connectivity index is 2.11. The first kappa shape index (κ1) is 12.9. The van der Waals surface area contributed by atoms with Gasteiger partial charge in [-0.25, -0.2) is 0 Å². The lowest BCUT2D eigenvalue weighted by Gasteiger charge is -2.17. The van der Waals surface area contributed by atoms with Crippen molar-refractivity contribution in [2.75, 3.05) is 7.05 Å². The van der Waals surface area contributed by atoms with Crippen LogP contribution in [0.4, 0.5) is 0 Å². The first-order valence-corrected chi connectivity index (χ1v) is 7.00. The molecule has 0 aliphatic rings. The van der Waals surface area contributed by atoms with Crippen molar-refractivity contribution in [3.8, 4) is 0 Å². The quantitative estimate of drug-likeness (QED) is 0.784. The summed E-state index contributed by atoms with van der Waals surface area (Å²) in [5, 5.41) is 10.4. The van der Waals surface area contributed by atoms with Crippen LogP contribution in [-0.2, 0) is 6.54 Å². The van der Waals surface area contributed by atoms with Crippen LogP contribution in [0.1, 0.15) is 24.1 Å². The van der Waals surface area contributed by atoms with Crippen molar-refractivity contribution in [3.63, 3.8) is 0 Å². The molecule has 1 N–H and O–H groups in total. The van der Waals surface area contributed by atoms with E-state index < -0.39 is 0 Å². The SMILES string of the molecule is CCn1cc(C(NC)c2cccc3ccccc23)cn1. The number of aryl methyl sites for hydroxylation is 1. The molecule has 20 heavy (non-hydrogen) atoms. The average Bonchev–Trinajstić information content (AvgIpc) is 2.97. The van der Waals surface area contributed by atoms with Crippen LogP contribution in [0.15, 0.2) is 54.9 Å². The van der Waals surface area contributed by atoms with Crippen molar-refractivity contribution in [1.29, 1.82) is 0 Å². The molecule has 3 rings (SSSR count). The minimum absolute atomic E-state index is 0.168. The molecule has 0 saturated carbocycles. The number of hydrogen-bond donors (Lipinski definition) is 1. The van der Waals surface area contributed by atoms with Crippen molar-refractivity contribution >= 4 is 10.8 Å². The predicted octanol–water partition coefficient (Wildman–Crippen LogP) is 3.37. The van der Waals surface area contributed by atoms with Gasteiger partial charge in [0.15, 0.2) is 0 Å². The largest absolute Gasteiger partial charge is 0.309 e. The van der Waals surface area contributed by atoms with Crippen molar-refractivity contribution in [2.24, 2.45) is 0 Å². The van der Waals surface area contributed by atoms with Gasteiger partial charge in [0.1, 0.15) is 0 Å². The molecule has 1 unspecified atom stereocenters. The van der Waals surface area contributed by atoms with E-state index in [9.17, 15) is 0 Å². The lowest BCUT2D eigenvalue weighted by molar-refractivity contribution is 0.654. The van der Waals surface area contributed by atoms with Crippen LogP contribution in [0, 0.1) is 0 Å². The van der Waals surface area contributed by atoms with E-state index in [1.807, 2.05) is 17.9 Å². The molecule has 0 radical (unpaired) electrons. The Morgan fingerprint density at radius 3 is 2.70 bits per heavy atom. The maximum atomic E-state index is 4.39. The molecule has 102 valence electrons. The van der Waals surface area contributed by atoms with E-state index in [1.54, 1.807) is 0 Å². The molecule has 3 heteroatoms. The Labute approximate surface area is 119 Å². The van der Waals surface area contributed by atoms with Gasteiger partial charge in [0.05, 0.1) is 12.2 Å². The van der Waals surface area contributed by atoms with Crippen LogP contribution >= 0.6 is 0 Å². The second-order valence-electron chi connectivity index (χ2n) is 4.92. The van der Waals surface area contributed by atoms with E-state index >= 15 is 0 Å². The fourth-order valence-corrected chi connectivity index (χ4v) is 2.71. The van der Waals surface area contributed by atoms with Gasteiger partial charge in [-0.2, -0.15) is 5.10 Å². The van der Waals surface area contributed by atoms with Gasteiger partial charge in [-0.1, -0.05) is 42.5 Å². The molecule has 0 aliphatic heterocycles. The summed E-state index contributed by atoms with van der Waals surface area (Å²) < 4.78 is 1.96. The van der Waals surface area contributed by atoms with E-state index in [0.717, 1.165) is 6.54 Å². The molecule has 0 amide bonds. The lowest BCUT2D eigenvalue weighted by atomic mass is 9.95. The Morgan fingerprint density at radius 1 is 1.15 bits per heavy atom. The van der Waals surface area contributed by atoms with Gasteiger partial charge in [0.2, 0.25) is 0 Å². The maximum Gasteiger partial charge on any atom is 0.0611 e. The predicted molar refractivity (Wildman–Crippen MR) is 82.8 cm³/mol. The number of rotatable bonds is 4. The zero-order valence-corrected chi connectivity index (χ0v) is 11.9. The third-order valence-electron chi connectivity index (χ3n) is 3.73. The molecular weight excluding hydrogens is 246 g/mol. The van der Waals surface area contributed by atoms with E-state index in [2.05, 4.69) is 66.0 Å². The van der Waals surface area contributed by atoms with Crippen LogP contribution in [-0.4, -0.2) is 16.8 Å². The molecule has 1 heterocycles. The zero-order chi connectivity index (χ0) is 13.9.